The zero-order chi connectivity index (χ0) is 53.0. The number of epoxide rings is 1. The van der Waals surface area contributed by atoms with Crippen LogP contribution in [0.3, 0.4) is 0 Å². The van der Waals surface area contributed by atoms with E-state index < -0.39 is 249 Å². The van der Waals surface area contributed by atoms with Crippen LogP contribution in [-0.4, -0.2) is 336 Å². The van der Waals surface area contributed by atoms with Gasteiger partial charge in [0.25, 0.3) is 0 Å². The molecule has 0 aromatic rings. The first-order valence-electron chi connectivity index (χ1n) is 24.1. The third-order valence-electron chi connectivity index (χ3n) is 14.5. The molecule has 9 saturated heterocycles. The summed E-state index contributed by atoms with van der Waals surface area (Å²) in [6.07, 6.45) is -53.4. The van der Waals surface area contributed by atoms with E-state index >= 15 is 0 Å². The molecule has 17 N–H and O–H groups in total. The number of rotatable bonds is 7. The molecular formula is C42H66O32. The molecule has 9 fully saturated rings. The highest BCUT2D eigenvalue weighted by Gasteiger charge is 2.62. The van der Waals surface area contributed by atoms with Crippen molar-refractivity contribution in [2.75, 3.05) is 46.2 Å². The van der Waals surface area contributed by atoms with E-state index in [9.17, 15) is 86.8 Å². The molecule has 21 rings (SSSR count). The molecule has 21 heterocycles. The molecule has 0 spiro atoms. The van der Waals surface area contributed by atoms with E-state index in [1.165, 1.54) is 12.2 Å². The predicted molar refractivity (Wildman–Crippen MR) is 222 cm³/mol. The van der Waals surface area contributed by atoms with Gasteiger partial charge < -0.3 is 158 Å². The zero-order valence-corrected chi connectivity index (χ0v) is 38.9. The second kappa shape index (κ2) is 24.0. The van der Waals surface area contributed by atoms with Gasteiger partial charge in [-0.1, -0.05) is 6.08 Å². The predicted octanol–water partition coefficient (Wildman–Crippen LogP) is -12.4. The Bertz CT molecular complexity index is 1820. The summed E-state index contributed by atoms with van der Waals surface area (Å²) in [6.45, 7) is -6.16. The van der Waals surface area contributed by atoms with Gasteiger partial charge in [-0.15, -0.1) is 0 Å². The minimum atomic E-state index is -2.16. The summed E-state index contributed by atoms with van der Waals surface area (Å²) < 4.78 is 87.3. The lowest BCUT2D eigenvalue weighted by Crippen LogP contribution is -2.68. The smallest absolute Gasteiger partial charge is 0.187 e. The van der Waals surface area contributed by atoms with Gasteiger partial charge in [0.2, 0.25) is 0 Å². The molecule has 21 aliphatic heterocycles. The summed E-state index contributed by atoms with van der Waals surface area (Å²) >= 11 is 0. The minimum absolute atomic E-state index is 0.692. The molecule has 33 atom stereocenters. The van der Waals surface area contributed by atoms with Crippen LogP contribution in [0.4, 0.5) is 0 Å². The van der Waals surface area contributed by atoms with Crippen molar-refractivity contribution in [1.29, 1.82) is 0 Å². The molecule has 32 nitrogen and oxygen atoms in total. The van der Waals surface area contributed by atoms with Crippen LogP contribution in [-0.2, 0) is 71.1 Å². The van der Waals surface area contributed by atoms with E-state index in [1.54, 1.807) is 0 Å². The van der Waals surface area contributed by atoms with E-state index in [2.05, 4.69) is 0 Å². The van der Waals surface area contributed by atoms with Crippen molar-refractivity contribution in [2.24, 2.45) is 0 Å². The van der Waals surface area contributed by atoms with Gasteiger partial charge in [0.05, 0.1) is 46.2 Å². The topological polar surface area (TPSA) is 486 Å². The summed E-state index contributed by atoms with van der Waals surface area (Å²) in [6, 6.07) is 0. The molecule has 21 aliphatic rings. The quantitative estimate of drug-likeness (QED) is 0.0831. The van der Waals surface area contributed by atoms with Crippen LogP contribution in [0, 0.1) is 0 Å². The van der Waals surface area contributed by atoms with Crippen molar-refractivity contribution in [3.8, 4) is 0 Å². The Labute approximate surface area is 418 Å². The first kappa shape index (κ1) is 57.2. The maximum absolute atomic E-state index is 11.4. The second-order valence-electron chi connectivity index (χ2n) is 19.1. The van der Waals surface area contributed by atoms with Crippen molar-refractivity contribution in [3.63, 3.8) is 0 Å². The zero-order valence-electron chi connectivity index (χ0n) is 38.9. The van der Waals surface area contributed by atoms with Gasteiger partial charge >= 0.3 is 0 Å². The fourth-order valence-electron chi connectivity index (χ4n) is 10.3. The Morgan fingerprint density at radius 3 is 0.824 bits per heavy atom. The van der Waals surface area contributed by atoms with Gasteiger partial charge in [0, 0.05) is 0 Å². The first-order chi connectivity index (χ1) is 35.5. The van der Waals surface area contributed by atoms with Gasteiger partial charge in [-0.05, 0) is 6.08 Å². The van der Waals surface area contributed by atoms with E-state index in [0.717, 1.165) is 0 Å². The highest BCUT2D eigenvalue weighted by molar-refractivity contribution is 5.07. The molecule has 0 aromatic heterocycles. The van der Waals surface area contributed by atoms with Crippen LogP contribution in [0.2, 0.25) is 0 Å². The Hall–Kier alpha value is -1.54. The number of aliphatic hydroxyl groups is 17. The Morgan fingerprint density at radius 2 is 0.500 bits per heavy atom. The summed E-state index contributed by atoms with van der Waals surface area (Å²) in [7, 11) is 0. The molecule has 0 aromatic carbocycles. The van der Waals surface area contributed by atoms with Crippen LogP contribution >= 0.6 is 0 Å². The van der Waals surface area contributed by atoms with E-state index in [1.807, 2.05) is 0 Å². The Kier molecular flexibility index (Phi) is 18.6. The molecule has 0 radical (unpaired) electrons. The number of hydrogen-bond donors (Lipinski definition) is 17. The van der Waals surface area contributed by atoms with Gasteiger partial charge in [-0.3, -0.25) is 0 Å². The van der Waals surface area contributed by atoms with Crippen LogP contribution < -0.4 is 0 Å². The standard InChI is InChI=1S/C42H66O32/c43-3-11-10-1-2-18(60-11)68-34-17(9-49)67-42(36-35(34)69-36)74-33-16(8-48)66-41(28(59)23(33)54)73-32-15(7-47)65-40(27(58)22(32)53)72-31-14(6-46)64-39(26(57)21(31)52)71-30-13(5-45)63-38(25(56)20(30)51)70-29-12(4-44)62-37(61-10)24(55)19(29)50/h1-2,10-59H,3-9H2/t10-,11+,12+,13+,14+,15+,16+,17+,18+,19+,20+,21+,22+,23+,24+,25+,26+,27+,28+,29+,30+,31+,32+,33+,34+,35-,36-,37-,38+,39+,40+,41+,42+/m0/s1. The summed E-state index contributed by atoms with van der Waals surface area (Å²) in [5.74, 6) is 0. The third-order valence-corrected chi connectivity index (χ3v) is 14.5. The number of ether oxygens (including phenoxy) is 15. The fraction of sp³-hybridized carbons (Fsp3) is 0.952. The average molecular weight is 1080 g/mol. The summed E-state index contributed by atoms with van der Waals surface area (Å²) in [5.41, 5.74) is 0. The van der Waals surface area contributed by atoms with E-state index in [0.29, 0.717) is 0 Å². The normalized spacial score (nSPS) is 55.3. The van der Waals surface area contributed by atoms with E-state index in [4.69, 9.17) is 71.1 Å². The first-order valence-corrected chi connectivity index (χ1v) is 24.1. The number of fused-ring (bicyclic) bond motifs is 1. The second-order valence-corrected chi connectivity index (χ2v) is 19.1. The van der Waals surface area contributed by atoms with Crippen molar-refractivity contribution in [2.45, 2.75) is 203 Å². The van der Waals surface area contributed by atoms with Crippen LogP contribution in [0.25, 0.3) is 0 Å². The van der Waals surface area contributed by atoms with Gasteiger partial charge in [-0.25, -0.2) is 0 Å². The SMILES string of the molecule is OC[C@H]1O[C@@H]2O[C@H]3[C@H](O)[C@@H](O)[C@@H](O[C@H]4[C@H](O)[C@@H](O)[C@@H](O[C@H]5C=C[C@@H](O[C@H]6[C@@H]7O[C@@H]7[C@@H](O[C@H]7[C@H](O)[C@@H](O)[C@@H](O[C@H]8[C@H](O)[C@@H](O)[C@@H](O[C@H]1[C@H](O)[C@H]2O)O[C@@H]8CO)O[C@@H]7CO)O[C@@H]6CO)O[C@@H]5CO)O[C@@H]4CO)O[C@@H]3CO. The summed E-state index contributed by atoms with van der Waals surface area (Å²) in [5, 5.41) is 185. The number of aliphatic hydroxyl groups excluding tert-OH is 17. The van der Waals surface area contributed by atoms with Gasteiger partial charge in [-0.2, -0.15) is 0 Å². The van der Waals surface area contributed by atoms with Gasteiger partial charge in [0.15, 0.2) is 44.0 Å². The molecule has 0 aliphatic carbocycles. The molecule has 14 bridgehead atoms. The molecule has 0 amide bonds. The summed E-state index contributed by atoms with van der Waals surface area (Å²) in [4.78, 5) is 0. The monoisotopic (exact) mass is 1080 g/mol. The van der Waals surface area contributed by atoms with Crippen molar-refractivity contribution < 1.29 is 158 Å². The van der Waals surface area contributed by atoms with Crippen molar-refractivity contribution in [3.05, 3.63) is 12.2 Å². The minimum Gasteiger partial charge on any atom is -0.394 e. The van der Waals surface area contributed by atoms with E-state index in [-0.39, 0.29) is 0 Å². The molecule has 32 heteroatoms. The fourth-order valence-corrected chi connectivity index (χ4v) is 10.3. The molecule has 74 heavy (non-hydrogen) atoms. The maximum Gasteiger partial charge on any atom is 0.187 e. The lowest BCUT2D eigenvalue weighted by molar-refractivity contribution is -0.395. The maximum atomic E-state index is 11.4. The molecule has 0 unspecified atom stereocenters. The van der Waals surface area contributed by atoms with Crippen LogP contribution in [0.1, 0.15) is 0 Å². The highest BCUT2D eigenvalue weighted by Crippen LogP contribution is 2.43. The third kappa shape index (κ3) is 11.0. The van der Waals surface area contributed by atoms with Crippen LogP contribution in [0.5, 0.6) is 0 Å². The lowest BCUT2D eigenvalue weighted by Gasteiger charge is -2.49. The van der Waals surface area contributed by atoms with Crippen molar-refractivity contribution >= 4 is 0 Å². The average Bonchev–Trinajstić information content (AvgIpc) is 4.22. The van der Waals surface area contributed by atoms with Gasteiger partial charge in [0.1, 0.15) is 159 Å². The largest absolute Gasteiger partial charge is 0.394 e. The number of hydrogen-bond acceptors (Lipinski definition) is 32. The molecule has 426 valence electrons. The van der Waals surface area contributed by atoms with Crippen LogP contribution in [0.15, 0.2) is 12.2 Å². The molecular weight excluding hydrogens is 1020 g/mol. The Morgan fingerprint density at radius 1 is 0.216 bits per heavy atom. The Balaban J connectivity index is 0.976. The highest BCUT2D eigenvalue weighted by atomic mass is 16.8. The van der Waals surface area contributed by atoms with Crippen molar-refractivity contribution in [1.82, 2.24) is 0 Å². The lowest BCUT2D eigenvalue weighted by atomic mass is 9.95. The molecule has 0 saturated carbocycles.